The van der Waals surface area contributed by atoms with E-state index in [4.69, 9.17) is 5.73 Å². The number of piperidine rings is 1. The molecular formula is C18H24ClN5O3. The molecule has 1 aliphatic heterocycles. The number of aryl methyl sites for hydroxylation is 1. The SMILES string of the molecule is CC(N)C1CCCN(C(=O)c2cn(C)nc2-c2ccc([N+](=O)[O-])cc2)C1.Cl. The Labute approximate surface area is 163 Å². The normalized spacial score (nSPS) is 17.9. The van der Waals surface area contributed by atoms with Crippen LogP contribution < -0.4 is 5.73 Å². The number of likely N-dealkylation sites (tertiary alicyclic amines) is 1. The monoisotopic (exact) mass is 393 g/mol. The molecule has 2 heterocycles. The predicted molar refractivity (Wildman–Crippen MR) is 105 cm³/mol. The second-order valence-electron chi connectivity index (χ2n) is 6.88. The van der Waals surface area contributed by atoms with Crippen LogP contribution in [-0.2, 0) is 7.05 Å². The summed E-state index contributed by atoms with van der Waals surface area (Å²) in [7, 11) is 1.76. The highest BCUT2D eigenvalue weighted by Gasteiger charge is 2.29. The van der Waals surface area contributed by atoms with Gasteiger partial charge in [-0.05, 0) is 37.8 Å². The molecule has 1 saturated heterocycles. The van der Waals surface area contributed by atoms with Crippen molar-refractivity contribution in [2.45, 2.75) is 25.8 Å². The first-order chi connectivity index (χ1) is 12.4. The third-order valence-corrected chi connectivity index (χ3v) is 4.90. The number of halogens is 1. The van der Waals surface area contributed by atoms with Crippen molar-refractivity contribution in [2.24, 2.45) is 18.7 Å². The first kappa shape index (κ1) is 20.9. The lowest BCUT2D eigenvalue weighted by Crippen LogP contribution is -2.45. The van der Waals surface area contributed by atoms with Gasteiger partial charge >= 0.3 is 0 Å². The Hall–Kier alpha value is -2.45. The third-order valence-electron chi connectivity index (χ3n) is 4.90. The number of non-ortho nitro benzene ring substituents is 1. The molecule has 1 aliphatic rings. The van der Waals surface area contributed by atoms with Crippen molar-refractivity contribution < 1.29 is 9.72 Å². The minimum Gasteiger partial charge on any atom is -0.338 e. The topological polar surface area (TPSA) is 107 Å². The molecule has 8 nitrogen and oxygen atoms in total. The number of amides is 1. The average Bonchev–Trinajstić information content (AvgIpc) is 3.03. The van der Waals surface area contributed by atoms with Crippen LogP contribution in [0.1, 0.15) is 30.1 Å². The Morgan fingerprint density at radius 2 is 2.04 bits per heavy atom. The van der Waals surface area contributed by atoms with Crippen molar-refractivity contribution in [2.75, 3.05) is 13.1 Å². The molecule has 27 heavy (non-hydrogen) atoms. The van der Waals surface area contributed by atoms with Crippen molar-refractivity contribution in [1.82, 2.24) is 14.7 Å². The van der Waals surface area contributed by atoms with Crippen molar-refractivity contribution in [1.29, 1.82) is 0 Å². The van der Waals surface area contributed by atoms with E-state index in [1.54, 1.807) is 30.1 Å². The van der Waals surface area contributed by atoms with E-state index in [9.17, 15) is 14.9 Å². The van der Waals surface area contributed by atoms with Crippen molar-refractivity contribution in [3.63, 3.8) is 0 Å². The molecule has 2 atom stereocenters. The molecular weight excluding hydrogens is 370 g/mol. The fourth-order valence-corrected chi connectivity index (χ4v) is 3.39. The van der Waals surface area contributed by atoms with E-state index in [-0.39, 0.29) is 30.0 Å². The van der Waals surface area contributed by atoms with Crippen LogP contribution in [0.25, 0.3) is 11.3 Å². The fourth-order valence-electron chi connectivity index (χ4n) is 3.39. The summed E-state index contributed by atoms with van der Waals surface area (Å²) in [5, 5.41) is 15.2. The third kappa shape index (κ3) is 4.45. The van der Waals surface area contributed by atoms with Crippen molar-refractivity contribution in [3.05, 3.63) is 46.1 Å². The molecule has 2 N–H and O–H groups in total. The number of hydrogen-bond donors (Lipinski definition) is 1. The first-order valence-electron chi connectivity index (χ1n) is 8.70. The number of benzene rings is 1. The molecule has 1 fully saturated rings. The average molecular weight is 394 g/mol. The first-order valence-corrected chi connectivity index (χ1v) is 8.70. The largest absolute Gasteiger partial charge is 0.338 e. The summed E-state index contributed by atoms with van der Waals surface area (Å²) in [4.78, 5) is 25.3. The number of hydrogen-bond acceptors (Lipinski definition) is 5. The highest BCUT2D eigenvalue weighted by molar-refractivity contribution is 5.99. The predicted octanol–water partition coefficient (Wildman–Crippen LogP) is 2.62. The zero-order chi connectivity index (χ0) is 18.8. The summed E-state index contributed by atoms with van der Waals surface area (Å²) in [5.74, 6) is 0.226. The molecule has 0 aliphatic carbocycles. The van der Waals surface area contributed by atoms with Gasteiger partial charge in [0.1, 0.15) is 5.69 Å². The molecule has 146 valence electrons. The van der Waals surface area contributed by atoms with Gasteiger partial charge in [0.2, 0.25) is 0 Å². The minimum absolute atomic E-state index is 0. The van der Waals surface area contributed by atoms with Gasteiger partial charge in [0.05, 0.1) is 10.5 Å². The zero-order valence-electron chi connectivity index (χ0n) is 15.4. The number of carbonyl (C=O) groups excluding carboxylic acids is 1. The lowest BCUT2D eigenvalue weighted by Gasteiger charge is -2.34. The van der Waals surface area contributed by atoms with Gasteiger partial charge < -0.3 is 10.6 Å². The van der Waals surface area contributed by atoms with Crippen LogP contribution in [0.15, 0.2) is 30.5 Å². The van der Waals surface area contributed by atoms with Gasteiger partial charge in [0.15, 0.2) is 0 Å². The van der Waals surface area contributed by atoms with E-state index in [1.165, 1.54) is 12.1 Å². The van der Waals surface area contributed by atoms with Gasteiger partial charge in [-0.25, -0.2) is 0 Å². The van der Waals surface area contributed by atoms with Gasteiger partial charge in [0.25, 0.3) is 11.6 Å². The van der Waals surface area contributed by atoms with Gasteiger partial charge in [-0.15, -0.1) is 12.4 Å². The van der Waals surface area contributed by atoms with E-state index < -0.39 is 4.92 Å². The number of nitro groups is 1. The maximum atomic E-state index is 13.1. The van der Waals surface area contributed by atoms with E-state index in [0.717, 1.165) is 12.8 Å². The summed E-state index contributed by atoms with van der Waals surface area (Å²) >= 11 is 0. The van der Waals surface area contributed by atoms with Crippen LogP contribution in [0.4, 0.5) is 5.69 Å². The van der Waals surface area contributed by atoms with Gasteiger partial charge in [0, 0.05) is 50.1 Å². The molecule has 0 radical (unpaired) electrons. The number of aromatic nitrogens is 2. The summed E-state index contributed by atoms with van der Waals surface area (Å²) in [6.45, 7) is 3.33. The zero-order valence-corrected chi connectivity index (χ0v) is 16.2. The highest BCUT2D eigenvalue weighted by atomic mass is 35.5. The van der Waals surface area contributed by atoms with Crippen LogP contribution in [0.2, 0.25) is 0 Å². The van der Waals surface area contributed by atoms with Crippen molar-refractivity contribution in [3.8, 4) is 11.3 Å². The maximum absolute atomic E-state index is 13.1. The number of nitrogens with zero attached hydrogens (tertiary/aromatic N) is 4. The number of nitrogens with two attached hydrogens (primary N) is 1. The number of nitro benzene ring substituents is 1. The van der Waals surface area contributed by atoms with E-state index in [2.05, 4.69) is 5.10 Å². The minimum atomic E-state index is -0.448. The summed E-state index contributed by atoms with van der Waals surface area (Å²) in [6, 6.07) is 6.14. The van der Waals surface area contributed by atoms with E-state index in [0.29, 0.717) is 35.8 Å². The lowest BCUT2D eigenvalue weighted by atomic mass is 9.91. The molecule has 0 saturated carbocycles. The van der Waals surface area contributed by atoms with Crippen LogP contribution in [-0.4, -0.2) is 44.6 Å². The molecule has 1 amide bonds. The Bertz CT molecular complexity index is 819. The standard InChI is InChI=1S/C18H23N5O3.ClH/c1-12(19)14-4-3-9-22(10-14)18(24)16-11-21(2)20-17(16)13-5-7-15(8-6-13)23(25)26;/h5-8,11-12,14H,3-4,9-10,19H2,1-2H3;1H. The Morgan fingerprint density at radius 1 is 1.37 bits per heavy atom. The molecule has 2 unspecified atom stereocenters. The lowest BCUT2D eigenvalue weighted by molar-refractivity contribution is -0.384. The van der Waals surface area contributed by atoms with Gasteiger partial charge in [-0.2, -0.15) is 5.10 Å². The molecule has 0 spiro atoms. The summed E-state index contributed by atoms with van der Waals surface area (Å²) in [5.41, 5.74) is 7.75. The van der Waals surface area contributed by atoms with Crippen LogP contribution in [0.5, 0.6) is 0 Å². The van der Waals surface area contributed by atoms with E-state index >= 15 is 0 Å². The van der Waals surface area contributed by atoms with Crippen LogP contribution >= 0.6 is 12.4 Å². The fraction of sp³-hybridized carbons (Fsp3) is 0.444. The maximum Gasteiger partial charge on any atom is 0.269 e. The van der Waals surface area contributed by atoms with Gasteiger partial charge in [-0.1, -0.05) is 0 Å². The number of carbonyl (C=O) groups is 1. The van der Waals surface area contributed by atoms with Crippen molar-refractivity contribution >= 4 is 24.0 Å². The Morgan fingerprint density at radius 3 is 2.63 bits per heavy atom. The van der Waals surface area contributed by atoms with Gasteiger partial charge in [-0.3, -0.25) is 19.6 Å². The van der Waals surface area contributed by atoms with Crippen LogP contribution in [0, 0.1) is 16.0 Å². The molecule has 1 aromatic heterocycles. The van der Waals surface area contributed by atoms with Crippen LogP contribution in [0.3, 0.4) is 0 Å². The Kier molecular flexibility index (Phi) is 6.56. The second-order valence-corrected chi connectivity index (χ2v) is 6.88. The molecule has 3 rings (SSSR count). The number of rotatable bonds is 4. The van der Waals surface area contributed by atoms with E-state index in [1.807, 2.05) is 11.8 Å². The highest BCUT2D eigenvalue weighted by Crippen LogP contribution is 2.27. The summed E-state index contributed by atoms with van der Waals surface area (Å²) in [6.07, 6.45) is 3.67. The molecule has 0 bridgehead atoms. The second kappa shape index (κ2) is 8.49. The smallest absolute Gasteiger partial charge is 0.269 e. The Balaban J connectivity index is 0.00000261. The molecule has 9 heteroatoms. The molecule has 2 aromatic rings. The molecule has 1 aromatic carbocycles. The quantitative estimate of drug-likeness (QED) is 0.634. The summed E-state index contributed by atoms with van der Waals surface area (Å²) < 4.78 is 1.59.